The normalized spacial score (nSPS) is 23.6. The Kier molecular flexibility index (Phi) is 4.36. The fourth-order valence-corrected chi connectivity index (χ4v) is 2.59. The van der Waals surface area contributed by atoms with Crippen LogP contribution in [0.4, 0.5) is 5.82 Å². The fraction of sp³-hybridized carbons (Fsp3) is 0.583. The van der Waals surface area contributed by atoms with E-state index in [4.69, 9.17) is 11.6 Å². The van der Waals surface area contributed by atoms with Gasteiger partial charge in [-0.3, -0.25) is 9.78 Å². The van der Waals surface area contributed by atoms with Gasteiger partial charge in [0.05, 0.1) is 18.3 Å². The van der Waals surface area contributed by atoms with E-state index in [0.29, 0.717) is 17.5 Å². The smallest absolute Gasteiger partial charge is 0.306 e. The van der Waals surface area contributed by atoms with Crippen molar-refractivity contribution in [3.63, 3.8) is 0 Å². The van der Waals surface area contributed by atoms with Crippen LogP contribution >= 0.6 is 11.6 Å². The summed E-state index contributed by atoms with van der Waals surface area (Å²) in [5, 5.41) is 12.6. The van der Waals surface area contributed by atoms with Crippen LogP contribution in [-0.4, -0.2) is 27.6 Å². The summed E-state index contributed by atoms with van der Waals surface area (Å²) in [4.78, 5) is 19.2. The average molecular weight is 270 g/mol. The lowest BCUT2D eigenvalue weighted by Gasteiger charge is -2.28. The van der Waals surface area contributed by atoms with Gasteiger partial charge in [-0.25, -0.2) is 4.98 Å². The van der Waals surface area contributed by atoms with Gasteiger partial charge in [-0.15, -0.1) is 0 Å². The minimum atomic E-state index is -0.696. The Morgan fingerprint density at radius 3 is 2.94 bits per heavy atom. The zero-order valence-electron chi connectivity index (χ0n) is 9.97. The van der Waals surface area contributed by atoms with Crippen molar-refractivity contribution >= 4 is 23.4 Å². The van der Waals surface area contributed by atoms with Crippen molar-refractivity contribution < 1.29 is 9.90 Å². The van der Waals surface area contributed by atoms with E-state index >= 15 is 0 Å². The summed E-state index contributed by atoms with van der Waals surface area (Å²) >= 11 is 5.74. The first-order valence-corrected chi connectivity index (χ1v) is 6.49. The molecule has 1 fully saturated rings. The molecule has 1 aromatic heterocycles. The minimum Gasteiger partial charge on any atom is -0.481 e. The number of aromatic nitrogens is 2. The van der Waals surface area contributed by atoms with Crippen LogP contribution < -0.4 is 5.32 Å². The summed E-state index contributed by atoms with van der Waals surface area (Å²) < 4.78 is 0. The highest BCUT2D eigenvalue weighted by molar-refractivity contribution is 6.29. The van der Waals surface area contributed by atoms with Crippen LogP contribution in [0.25, 0.3) is 0 Å². The molecule has 1 saturated carbocycles. The van der Waals surface area contributed by atoms with Gasteiger partial charge in [0.1, 0.15) is 11.0 Å². The standard InChI is InChI=1S/C12H16ClN3O2/c13-10-6-14-7-11(16-10)15-5-8-3-1-2-4-9(8)12(17)18/h6-9H,1-5H2,(H,15,16)(H,17,18). The van der Waals surface area contributed by atoms with Crippen LogP contribution in [0.1, 0.15) is 25.7 Å². The molecule has 0 radical (unpaired) electrons. The Bertz CT molecular complexity index is 428. The molecule has 98 valence electrons. The number of nitrogens with zero attached hydrogens (tertiary/aromatic N) is 2. The zero-order valence-corrected chi connectivity index (χ0v) is 10.7. The third-order valence-corrected chi connectivity index (χ3v) is 3.56. The number of anilines is 1. The van der Waals surface area contributed by atoms with Crippen molar-refractivity contribution in [2.45, 2.75) is 25.7 Å². The molecule has 0 amide bonds. The lowest BCUT2D eigenvalue weighted by atomic mass is 9.79. The predicted molar refractivity (Wildman–Crippen MR) is 68.6 cm³/mol. The number of halogens is 1. The average Bonchev–Trinajstić information content (AvgIpc) is 2.37. The molecule has 0 saturated heterocycles. The van der Waals surface area contributed by atoms with Gasteiger partial charge in [-0.2, -0.15) is 0 Å². The van der Waals surface area contributed by atoms with E-state index in [-0.39, 0.29) is 11.8 Å². The molecule has 2 unspecified atom stereocenters. The number of hydrogen-bond donors (Lipinski definition) is 2. The van der Waals surface area contributed by atoms with Crippen molar-refractivity contribution in [2.75, 3.05) is 11.9 Å². The van der Waals surface area contributed by atoms with Crippen molar-refractivity contribution in [3.05, 3.63) is 17.5 Å². The van der Waals surface area contributed by atoms with Gasteiger partial charge < -0.3 is 10.4 Å². The molecule has 0 aliphatic heterocycles. The van der Waals surface area contributed by atoms with Crippen molar-refractivity contribution in [2.24, 2.45) is 11.8 Å². The van der Waals surface area contributed by atoms with Crippen molar-refractivity contribution in [3.8, 4) is 0 Å². The Morgan fingerprint density at radius 1 is 1.44 bits per heavy atom. The SMILES string of the molecule is O=C(O)C1CCCCC1CNc1cncc(Cl)n1. The molecule has 2 N–H and O–H groups in total. The van der Waals surface area contributed by atoms with Gasteiger partial charge >= 0.3 is 5.97 Å². The maximum absolute atomic E-state index is 11.2. The van der Waals surface area contributed by atoms with Gasteiger partial charge in [0.15, 0.2) is 0 Å². The molecule has 0 bridgehead atoms. The maximum Gasteiger partial charge on any atom is 0.306 e. The minimum absolute atomic E-state index is 0.150. The van der Waals surface area contributed by atoms with Crippen LogP contribution in [-0.2, 0) is 4.79 Å². The van der Waals surface area contributed by atoms with Crippen molar-refractivity contribution in [1.82, 2.24) is 9.97 Å². The summed E-state index contributed by atoms with van der Waals surface area (Å²) in [6, 6.07) is 0. The van der Waals surface area contributed by atoms with Crippen LogP contribution in [0.2, 0.25) is 5.15 Å². The van der Waals surface area contributed by atoms with Crippen molar-refractivity contribution in [1.29, 1.82) is 0 Å². The molecule has 2 rings (SSSR count). The summed E-state index contributed by atoms with van der Waals surface area (Å²) in [6.45, 7) is 0.603. The predicted octanol–water partition coefficient (Wildman–Crippen LogP) is 2.43. The summed E-state index contributed by atoms with van der Waals surface area (Å²) in [6.07, 6.45) is 6.86. The number of nitrogens with one attached hydrogen (secondary N) is 1. The monoisotopic (exact) mass is 269 g/mol. The van der Waals surface area contributed by atoms with E-state index in [0.717, 1.165) is 25.7 Å². The van der Waals surface area contributed by atoms with E-state index in [1.54, 1.807) is 6.20 Å². The van der Waals surface area contributed by atoms with E-state index in [2.05, 4.69) is 15.3 Å². The Balaban J connectivity index is 1.93. The number of rotatable bonds is 4. The molecule has 1 aromatic rings. The van der Waals surface area contributed by atoms with Gasteiger partial charge in [0.25, 0.3) is 0 Å². The van der Waals surface area contributed by atoms with Crippen LogP contribution in [0.3, 0.4) is 0 Å². The molecule has 6 heteroatoms. The highest BCUT2D eigenvalue weighted by atomic mass is 35.5. The third-order valence-electron chi connectivity index (χ3n) is 3.38. The van der Waals surface area contributed by atoms with E-state index in [1.807, 2.05) is 0 Å². The second-order valence-corrected chi connectivity index (χ2v) is 4.98. The maximum atomic E-state index is 11.2. The Morgan fingerprint density at radius 2 is 2.22 bits per heavy atom. The second kappa shape index (κ2) is 6.00. The van der Waals surface area contributed by atoms with Crippen LogP contribution in [0.15, 0.2) is 12.4 Å². The first-order chi connectivity index (χ1) is 8.66. The Labute approximate surface area is 111 Å². The molecule has 1 aliphatic carbocycles. The number of carboxylic acid groups (broad SMARTS) is 1. The fourth-order valence-electron chi connectivity index (χ4n) is 2.44. The quantitative estimate of drug-likeness (QED) is 0.878. The number of carbonyl (C=O) groups is 1. The van der Waals surface area contributed by atoms with E-state index in [9.17, 15) is 9.90 Å². The van der Waals surface area contributed by atoms with Gasteiger partial charge in [0, 0.05) is 6.54 Å². The molecular formula is C12H16ClN3O2. The molecular weight excluding hydrogens is 254 g/mol. The summed E-state index contributed by atoms with van der Waals surface area (Å²) in [5.74, 6) is -0.202. The highest BCUT2D eigenvalue weighted by Gasteiger charge is 2.30. The van der Waals surface area contributed by atoms with Gasteiger partial charge in [-0.05, 0) is 18.8 Å². The molecule has 2 atom stereocenters. The van der Waals surface area contributed by atoms with E-state index < -0.39 is 5.97 Å². The van der Waals surface area contributed by atoms with Gasteiger partial charge in [-0.1, -0.05) is 24.4 Å². The van der Waals surface area contributed by atoms with E-state index in [1.165, 1.54) is 6.20 Å². The van der Waals surface area contributed by atoms with Crippen LogP contribution in [0.5, 0.6) is 0 Å². The lowest BCUT2D eigenvalue weighted by molar-refractivity contribution is -0.144. The topological polar surface area (TPSA) is 75.1 Å². The molecule has 5 nitrogen and oxygen atoms in total. The van der Waals surface area contributed by atoms with Crippen LogP contribution in [0, 0.1) is 11.8 Å². The molecule has 1 heterocycles. The summed E-state index contributed by atoms with van der Waals surface area (Å²) in [5.41, 5.74) is 0. The first kappa shape index (κ1) is 13.1. The summed E-state index contributed by atoms with van der Waals surface area (Å²) in [7, 11) is 0. The second-order valence-electron chi connectivity index (χ2n) is 4.60. The molecule has 0 aromatic carbocycles. The zero-order chi connectivity index (χ0) is 13.0. The largest absolute Gasteiger partial charge is 0.481 e. The number of hydrogen-bond acceptors (Lipinski definition) is 4. The molecule has 0 spiro atoms. The first-order valence-electron chi connectivity index (χ1n) is 6.11. The number of aliphatic carboxylic acids is 1. The molecule has 1 aliphatic rings. The highest BCUT2D eigenvalue weighted by Crippen LogP contribution is 2.30. The lowest BCUT2D eigenvalue weighted by Crippen LogP contribution is -2.31. The number of carboxylic acids is 1. The molecule has 18 heavy (non-hydrogen) atoms. The Hall–Kier alpha value is -1.36. The van der Waals surface area contributed by atoms with Gasteiger partial charge in [0.2, 0.25) is 0 Å². The third kappa shape index (κ3) is 3.32.